The largest absolute Gasteiger partial charge is 0.507 e. The van der Waals surface area contributed by atoms with Crippen LogP contribution < -0.4 is 18.9 Å². The van der Waals surface area contributed by atoms with Crippen molar-refractivity contribution in [2.45, 2.75) is 26.0 Å². The van der Waals surface area contributed by atoms with E-state index in [4.69, 9.17) is 18.9 Å². The van der Waals surface area contributed by atoms with Crippen LogP contribution in [0.4, 0.5) is 0 Å². The third-order valence-corrected chi connectivity index (χ3v) is 6.56. The van der Waals surface area contributed by atoms with E-state index in [1.807, 2.05) is 37.3 Å². The van der Waals surface area contributed by atoms with Gasteiger partial charge >= 0.3 is 0 Å². The zero-order chi connectivity index (χ0) is 26.6. The van der Waals surface area contributed by atoms with E-state index in [1.165, 1.54) is 4.90 Å². The third kappa shape index (κ3) is 4.77. The maximum atomic E-state index is 13.3. The number of rotatable bonds is 8. The lowest BCUT2D eigenvalue weighted by Crippen LogP contribution is -2.30. The van der Waals surface area contributed by atoms with Gasteiger partial charge in [0.1, 0.15) is 25.6 Å². The normalized spacial score (nSPS) is 17.9. The number of benzene rings is 3. The summed E-state index contributed by atoms with van der Waals surface area (Å²) in [5.74, 6) is 0.356. The Hall–Kier alpha value is -4.46. The molecule has 1 fully saturated rings. The first-order valence-electron chi connectivity index (χ1n) is 12.5. The van der Waals surface area contributed by atoms with E-state index >= 15 is 0 Å². The van der Waals surface area contributed by atoms with Crippen LogP contribution in [0.5, 0.6) is 23.0 Å². The second-order valence-corrected chi connectivity index (χ2v) is 9.04. The summed E-state index contributed by atoms with van der Waals surface area (Å²) in [6.07, 6.45) is 0.640. The lowest BCUT2D eigenvalue weighted by Gasteiger charge is -2.26. The van der Waals surface area contributed by atoms with Gasteiger partial charge in [-0.2, -0.15) is 0 Å². The van der Waals surface area contributed by atoms with Gasteiger partial charge in [0, 0.05) is 12.1 Å². The molecule has 2 aliphatic rings. The van der Waals surface area contributed by atoms with Gasteiger partial charge in [0.05, 0.1) is 18.7 Å². The molecule has 0 spiro atoms. The fourth-order valence-corrected chi connectivity index (χ4v) is 4.76. The van der Waals surface area contributed by atoms with Crippen molar-refractivity contribution in [1.29, 1.82) is 0 Å². The minimum atomic E-state index is -0.798. The van der Waals surface area contributed by atoms with Gasteiger partial charge in [-0.3, -0.25) is 9.59 Å². The second kappa shape index (κ2) is 10.9. The lowest BCUT2D eigenvalue weighted by molar-refractivity contribution is -0.139. The van der Waals surface area contributed by atoms with Crippen LogP contribution in [0.2, 0.25) is 0 Å². The lowest BCUT2D eigenvalue weighted by atomic mass is 9.94. The molecule has 0 saturated carbocycles. The molecule has 196 valence electrons. The SMILES string of the molecule is CCCN1C(=O)C(=O)/C(=C(/O)c2ccc3c(c2)OCCO3)C1c1ccc(OC)c(OCc2ccccc2)c1. The summed E-state index contributed by atoms with van der Waals surface area (Å²) >= 11 is 0. The summed E-state index contributed by atoms with van der Waals surface area (Å²) in [5.41, 5.74) is 1.98. The highest BCUT2D eigenvalue weighted by molar-refractivity contribution is 6.46. The van der Waals surface area contributed by atoms with Gasteiger partial charge in [0.2, 0.25) is 0 Å². The molecule has 0 bridgehead atoms. The van der Waals surface area contributed by atoms with Crippen molar-refractivity contribution in [2.75, 3.05) is 26.9 Å². The Morgan fingerprint density at radius 1 is 0.974 bits per heavy atom. The summed E-state index contributed by atoms with van der Waals surface area (Å²) in [5, 5.41) is 11.4. The topological polar surface area (TPSA) is 94.5 Å². The number of amides is 1. The number of ketones is 1. The minimum Gasteiger partial charge on any atom is -0.507 e. The first-order valence-corrected chi connectivity index (χ1v) is 12.5. The summed E-state index contributed by atoms with van der Waals surface area (Å²) in [7, 11) is 1.55. The Labute approximate surface area is 221 Å². The van der Waals surface area contributed by atoms with Crippen molar-refractivity contribution < 1.29 is 33.6 Å². The molecular weight excluding hydrogens is 486 g/mol. The Morgan fingerprint density at radius 3 is 2.47 bits per heavy atom. The van der Waals surface area contributed by atoms with Crippen LogP contribution in [0.25, 0.3) is 5.76 Å². The van der Waals surface area contributed by atoms with Crippen LogP contribution in [0, 0.1) is 0 Å². The van der Waals surface area contributed by atoms with Gasteiger partial charge in [0.15, 0.2) is 23.0 Å². The van der Waals surface area contributed by atoms with E-state index in [-0.39, 0.29) is 11.3 Å². The fraction of sp³-hybridized carbons (Fsp3) is 0.267. The molecule has 5 rings (SSSR count). The zero-order valence-corrected chi connectivity index (χ0v) is 21.3. The molecule has 1 atom stereocenters. The molecule has 8 heteroatoms. The van der Waals surface area contributed by atoms with Gasteiger partial charge < -0.3 is 29.0 Å². The number of carbonyl (C=O) groups is 2. The second-order valence-electron chi connectivity index (χ2n) is 9.04. The molecule has 3 aromatic carbocycles. The predicted molar refractivity (Wildman–Crippen MR) is 141 cm³/mol. The van der Waals surface area contributed by atoms with Gasteiger partial charge in [-0.15, -0.1) is 0 Å². The van der Waals surface area contributed by atoms with Gasteiger partial charge in [-0.1, -0.05) is 43.3 Å². The van der Waals surface area contributed by atoms with Crippen LogP contribution in [-0.2, 0) is 16.2 Å². The number of likely N-dealkylation sites (tertiary alicyclic amines) is 1. The Morgan fingerprint density at radius 2 is 1.74 bits per heavy atom. The number of methoxy groups -OCH3 is 1. The standard InChI is InChI=1S/C30H29NO7/c1-3-13-31-27(20-9-11-22(35-2)24(16-20)38-18-19-7-5-4-6-8-19)26(29(33)30(31)34)28(32)21-10-12-23-25(17-21)37-15-14-36-23/h4-12,16-17,27,32H,3,13-15,18H2,1-2H3/b28-26+. The van der Waals surface area contributed by atoms with E-state index in [0.717, 1.165) is 5.56 Å². The molecule has 3 aromatic rings. The van der Waals surface area contributed by atoms with Gasteiger partial charge in [-0.05, 0) is 47.9 Å². The van der Waals surface area contributed by atoms with Crippen LogP contribution in [-0.4, -0.2) is 48.6 Å². The highest BCUT2D eigenvalue weighted by Gasteiger charge is 2.46. The van der Waals surface area contributed by atoms with E-state index in [9.17, 15) is 14.7 Å². The predicted octanol–water partition coefficient (Wildman–Crippen LogP) is 4.88. The number of fused-ring (bicyclic) bond motifs is 1. The molecule has 38 heavy (non-hydrogen) atoms. The van der Waals surface area contributed by atoms with Crippen molar-refractivity contribution >= 4 is 17.4 Å². The highest BCUT2D eigenvalue weighted by atomic mass is 16.6. The number of hydrogen-bond acceptors (Lipinski definition) is 7. The van der Waals surface area contributed by atoms with Crippen molar-refractivity contribution in [1.82, 2.24) is 4.90 Å². The molecule has 1 unspecified atom stereocenters. The molecule has 0 radical (unpaired) electrons. The zero-order valence-electron chi connectivity index (χ0n) is 21.3. The number of ether oxygens (including phenoxy) is 4. The molecule has 2 heterocycles. The highest BCUT2D eigenvalue weighted by Crippen LogP contribution is 2.43. The molecule has 2 aliphatic heterocycles. The maximum absolute atomic E-state index is 13.3. The number of nitrogens with zero attached hydrogens (tertiary/aromatic N) is 1. The summed E-state index contributed by atoms with van der Waals surface area (Å²) in [4.78, 5) is 27.9. The van der Waals surface area contributed by atoms with Crippen LogP contribution in [0.1, 0.15) is 36.1 Å². The summed E-state index contributed by atoms with van der Waals surface area (Å²) < 4.78 is 22.8. The van der Waals surface area contributed by atoms with Crippen LogP contribution in [0.15, 0.2) is 72.3 Å². The number of hydrogen-bond donors (Lipinski definition) is 1. The third-order valence-electron chi connectivity index (χ3n) is 6.56. The molecule has 0 aliphatic carbocycles. The quantitative estimate of drug-likeness (QED) is 0.260. The maximum Gasteiger partial charge on any atom is 0.295 e. The number of Topliss-reactive ketones (excluding diaryl/α,β-unsaturated/α-hetero) is 1. The Balaban J connectivity index is 1.57. The average molecular weight is 516 g/mol. The molecule has 0 aromatic heterocycles. The average Bonchev–Trinajstić information content (AvgIpc) is 3.21. The monoisotopic (exact) mass is 515 g/mol. The minimum absolute atomic E-state index is 0.0132. The molecule has 8 nitrogen and oxygen atoms in total. The van der Waals surface area contributed by atoms with Gasteiger partial charge in [-0.25, -0.2) is 0 Å². The molecule has 1 saturated heterocycles. The van der Waals surface area contributed by atoms with E-state index in [0.29, 0.717) is 66.9 Å². The van der Waals surface area contributed by atoms with E-state index in [1.54, 1.807) is 43.5 Å². The molecule has 1 amide bonds. The van der Waals surface area contributed by atoms with Crippen LogP contribution >= 0.6 is 0 Å². The van der Waals surface area contributed by atoms with E-state index < -0.39 is 17.7 Å². The number of carbonyl (C=O) groups excluding carboxylic acids is 2. The van der Waals surface area contributed by atoms with Crippen molar-refractivity contribution in [2.24, 2.45) is 0 Å². The Bertz CT molecular complexity index is 1380. The first-order chi connectivity index (χ1) is 18.5. The first kappa shape index (κ1) is 25.2. The van der Waals surface area contributed by atoms with Crippen molar-refractivity contribution in [3.63, 3.8) is 0 Å². The Kier molecular flexibility index (Phi) is 7.22. The van der Waals surface area contributed by atoms with Crippen molar-refractivity contribution in [3.8, 4) is 23.0 Å². The van der Waals surface area contributed by atoms with Crippen LogP contribution in [0.3, 0.4) is 0 Å². The molecular formula is C30H29NO7. The van der Waals surface area contributed by atoms with Crippen molar-refractivity contribution in [3.05, 3.63) is 89.0 Å². The number of aliphatic hydroxyl groups excluding tert-OH is 1. The van der Waals surface area contributed by atoms with Gasteiger partial charge in [0.25, 0.3) is 11.7 Å². The molecule has 1 N–H and O–H groups in total. The van der Waals surface area contributed by atoms with E-state index in [2.05, 4.69) is 0 Å². The smallest absolute Gasteiger partial charge is 0.295 e. The number of aliphatic hydroxyl groups is 1. The fourth-order valence-electron chi connectivity index (χ4n) is 4.76. The summed E-state index contributed by atoms with van der Waals surface area (Å²) in [6, 6.07) is 19.2. The summed E-state index contributed by atoms with van der Waals surface area (Å²) in [6.45, 7) is 3.41.